The Morgan fingerprint density at radius 2 is 1.79 bits per heavy atom. The van der Waals surface area contributed by atoms with Gasteiger partial charge in [-0.2, -0.15) is 0 Å². The van der Waals surface area contributed by atoms with Crippen LogP contribution in [0.15, 0.2) is 42.5 Å². The Morgan fingerprint density at radius 1 is 1.03 bits per heavy atom. The molecule has 6 rings (SSSR count). The molecule has 34 heavy (non-hydrogen) atoms. The van der Waals surface area contributed by atoms with E-state index in [2.05, 4.69) is 29.2 Å². The molecule has 2 fully saturated rings. The fourth-order valence-corrected chi connectivity index (χ4v) is 6.86. The molecule has 2 aliphatic carbocycles. The molecule has 2 heterocycles. The van der Waals surface area contributed by atoms with Crippen molar-refractivity contribution in [1.29, 1.82) is 0 Å². The molecule has 180 valence electrons. The summed E-state index contributed by atoms with van der Waals surface area (Å²) in [5.74, 6) is 0.625. The van der Waals surface area contributed by atoms with E-state index in [0.29, 0.717) is 10.6 Å². The zero-order chi connectivity index (χ0) is 22.6. The summed E-state index contributed by atoms with van der Waals surface area (Å²) in [6, 6.07) is 14.1. The summed E-state index contributed by atoms with van der Waals surface area (Å²) in [6.07, 6.45) is 6.46. The van der Waals surface area contributed by atoms with Crippen LogP contribution >= 0.6 is 11.6 Å². The molecule has 1 saturated heterocycles. The van der Waals surface area contributed by atoms with Crippen LogP contribution in [0.1, 0.15) is 71.1 Å². The Labute approximate surface area is 217 Å². The number of ketones is 1. The standard InChI is InChI=1S/C28H32ClN2O2.BrH/c29-21-9-10-23-24(15-21)25(16-27(23)32)28(33)30-12-11-20-5-1-2-6-22(20)26(30)18-31(13-3-4-14-31)17-19-7-8-19;/h1-2,5-6,9-10,15,19,25-26H,3-4,7-8,11-14,16-18H2;1H/q+1;/p-1. The minimum Gasteiger partial charge on any atom is -1.00 e. The SMILES string of the molecule is O=C1CC(C(=O)N2CCc3ccccc3C2C[N+]2(CC3CC3)CCCC2)c2cc(Cl)ccc21.[Br-]. The lowest BCUT2D eigenvalue weighted by Gasteiger charge is -2.44. The smallest absolute Gasteiger partial charge is 0.231 e. The molecule has 1 saturated carbocycles. The van der Waals surface area contributed by atoms with Gasteiger partial charge in [-0.1, -0.05) is 35.9 Å². The van der Waals surface area contributed by atoms with Crippen molar-refractivity contribution in [3.8, 4) is 0 Å². The van der Waals surface area contributed by atoms with Crippen molar-refractivity contribution < 1.29 is 31.1 Å². The van der Waals surface area contributed by atoms with Crippen LogP contribution in [0.3, 0.4) is 0 Å². The van der Waals surface area contributed by atoms with Crippen molar-refractivity contribution in [2.24, 2.45) is 5.92 Å². The van der Waals surface area contributed by atoms with Crippen LogP contribution in [0.25, 0.3) is 0 Å². The van der Waals surface area contributed by atoms with E-state index < -0.39 is 5.92 Å². The maximum atomic E-state index is 14.1. The molecule has 2 aromatic rings. The highest BCUT2D eigenvalue weighted by Gasteiger charge is 2.45. The Kier molecular flexibility index (Phi) is 6.64. The first-order chi connectivity index (χ1) is 16.0. The third kappa shape index (κ3) is 4.36. The van der Waals surface area contributed by atoms with Gasteiger partial charge in [-0.25, -0.2) is 0 Å². The van der Waals surface area contributed by atoms with Crippen molar-refractivity contribution in [2.45, 2.75) is 50.5 Å². The van der Waals surface area contributed by atoms with Crippen LogP contribution in [-0.4, -0.2) is 53.8 Å². The van der Waals surface area contributed by atoms with E-state index in [1.807, 2.05) is 6.07 Å². The maximum absolute atomic E-state index is 14.1. The predicted octanol–water partition coefficient (Wildman–Crippen LogP) is 2.16. The van der Waals surface area contributed by atoms with Gasteiger partial charge in [0.25, 0.3) is 0 Å². The van der Waals surface area contributed by atoms with E-state index in [4.69, 9.17) is 11.6 Å². The molecule has 0 bridgehead atoms. The summed E-state index contributed by atoms with van der Waals surface area (Å²) in [6.45, 7) is 5.46. The minimum atomic E-state index is -0.408. The first-order valence-electron chi connectivity index (χ1n) is 12.6. The topological polar surface area (TPSA) is 37.4 Å². The maximum Gasteiger partial charge on any atom is 0.231 e. The number of carbonyl (C=O) groups is 2. The number of quaternary nitrogens is 1. The van der Waals surface area contributed by atoms with Gasteiger partial charge < -0.3 is 26.4 Å². The van der Waals surface area contributed by atoms with Gasteiger partial charge in [-0.3, -0.25) is 9.59 Å². The Hall–Kier alpha value is -1.69. The Balaban J connectivity index is 0.00000241. The monoisotopic (exact) mass is 542 g/mol. The molecule has 1 amide bonds. The van der Waals surface area contributed by atoms with Crippen molar-refractivity contribution in [1.82, 2.24) is 4.90 Å². The number of Topliss-reactive ketones (excluding diaryl/α,β-unsaturated/α-hetero) is 1. The largest absolute Gasteiger partial charge is 1.00 e. The highest BCUT2D eigenvalue weighted by Crippen LogP contribution is 2.42. The van der Waals surface area contributed by atoms with Crippen LogP contribution in [0.5, 0.6) is 0 Å². The number of halogens is 2. The molecular weight excluding hydrogens is 512 g/mol. The average Bonchev–Trinajstić information content (AvgIpc) is 3.41. The fourth-order valence-electron chi connectivity index (χ4n) is 6.67. The van der Waals surface area contributed by atoms with Gasteiger partial charge in [0.2, 0.25) is 5.91 Å². The summed E-state index contributed by atoms with van der Waals surface area (Å²) in [5, 5.41) is 0.591. The number of carbonyl (C=O) groups excluding carboxylic acids is 2. The number of likely N-dealkylation sites (tertiary alicyclic amines) is 1. The van der Waals surface area contributed by atoms with Crippen molar-refractivity contribution in [2.75, 3.05) is 32.7 Å². The lowest BCUT2D eigenvalue weighted by Crippen LogP contribution is -3.00. The van der Waals surface area contributed by atoms with E-state index in [9.17, 15) is 9.59 Å². The Morgan fingerprint density at radius 3 is 2.56 bits per heavy atom. The third-order valence-electron chi connectivity index (χ3n) is 8.49. The summed E-state index contributed by atoms with van der Waals surface area (Å²) in [4.78, 5) is 28.9. The van der Waals surface area contributed by atoms with E-state index in [1.54, 1.807) is 12.1 Å². The van der Waals surface area contributed by atoms with Crippen molar-refractivity contribution >= 4 is 23.3 Å². The zero-order valence-electron chi connectivity index (χ0n) is 19.5. The molecule has 4 aliphatic rings. The van der Waals surface area contributed by atoms with Gasteiger partial charge in [-0.15, -0.1) is 0 Å². The van der Waals surface area contributed by atoms with E-state index in [1.165, 1.54) is 56.4 Å². The summed E-state index contributed by atoms with van der Waals surface area (Å²) < 4.78 is 1.15. The van der Waals surface area contributed by atoms with E-state index >= 15 is 0 Å². The van der Waals surface area contributed by atoms with Crippen LogP contribution in [-0.2, 0) is 11.2 Å². The van der Waals surface area contributed by atoms with E-state index in [-0.39, 0.29) is 41.1 Å². The van der Waals surface area contributed by atoms with Gasteiger partial charge in [0.15, 0.2) is 5.78 Å². The molecule has 6 heteroatoms. The normalized spacial score (nSPS) is 25.0. The number of hydrogen-bond acceptors (Lipinski definition) is 2. The first kappa shape index (κ1) is 24.0. The fraction of sp³-hybridized carbons (Fsp3) is 0.500. The van der Waals surface area contributed by atoms with E-state index in [0.717, 1.165) is 35.5 Å². The summed E-state index contributed by atoms with van der Waals surface area (Å²) in [7, 11) is 0. The molecule has 2 aliphatic heterocycles. The van der Waals surface area contributed by atoms with Gasteiger partial charge in [-0.05, 0) is 54.2 Å². The summed E-state index contributed by atoms with van der Waals surface area (Å²) in [5.41, 5.74) is 4.18. The van der Waals surface area contributed by atoms with Crippen LogP contribution in [0, 0.1) is 5.92 Å². The second-order valence-corrected chi connectivity index (χ2v) is 11.1. The number of amides is 1. The Bertz CT molecular complexity index is 1110. The molecule has 0 N–H and O–H groups in total. The van der Waals surface area contributed by atoms with Crippen LogP contribution in [0.4, 0.5) is 0 Å². The number of hydrogen-bond donors (Lipinski definition) is 0. The van der Waals surface area contributed by atoms with Crippen LogP contribution < -0.4 is 17.0 Å². The number of benzene rings is 2. The van der Waals surface area contributed by atoms with Crippen molar-refractivity contribution in [3.05, 3.63) is 69.7 Å². The van der Waals surface area contributed by atoms with Gasteiger partial charge in [0.05, 0.1) is 25.6 Å². The minimum absolute atomic E-state index is 0. The molecule has 0 spiro atoms. The quantitative estimate of drug-likeness (QED) is 0.542. The molecule has 2 aromatic carbocycles. The second-order valence-electron chi connectivity index (χ2n) is 10.7. The highest BCUT2D eigenvalue weighted by atomic mass is 79.9. The zero-order valence-corrected chi connectivity index (χ0v) is 21.9. The number of rotatable bonds is 5. The lowest BCUT2D eigenvalue weighted by molar-refractivity contribution is -0.920. The molecule has 0 aromatic heterocycles. The lowest BCUT2D eigenvalue weighted by atomic mass is 9.89. The molecular formula is C28H32BrClN2O2. The highest BCUT2D eigenvalue weighted by molar-refractivity contribution is 6.31. The molecule has 4 nitrogen and oxygen atoms in total. The second kappa shape index (κ2) is 9.40. The molecule has 0 radical (unpaired) electrons. The third-order valence-corrected chi connectivity index (χ3v) is 8.73. The number of fused-ring (bicyclic) bond motifs is 2. The van der Waals surface area contributed by atoms with Crippen LogP contribution in [0.2, 0.25) is 5.02 Å². The van der Waals surface area contributed by atoms with Gasteiger partial charge in [0.1, 0.15) is 12.6 Å². The first-order valence-corrected chi connectivity index (χ1v) is 13.0. The molecule has 2 unspecified atom stereocenters. The number of nitrogens with zero attached hydrogens (tertiary/aromatic N) is 2. The van der Waals surface area contributed by atoms with Gasteiger partial charge in [0, 0.05) is 42.3 Å². The van der Waals surface area contributed by atoms with Gasteiger partial charge >= 0.3 is 0 Å². The summed E-state index contributed by atoms with van der Waals surface area (Å²) >= 11 is 6.27. The van der Waals surface area contributed by atoms with Crippen molar-refractivity contribution in [3.63, 3.8) is 0 Å². The predicted molar refractivity (Wildman–Crippen MR) is 129 cm³/mol. The molecule has 2 atom stereocenters. The average molecular weight is 544 g/mol.